The molecule has 1 aromatic carbocycles. The Morgan fingerprint density at radius 2 is 2.25 bits per heavy atom. The summed E-state index contributed by atoms with van der Waals surface area (Å²) in [6.07, 6.45) is 4.97. The number of hydrogen-bond donors (Lipinski definition) is 3. The first-order valence-electron chi connectivity index (χ1n) is 8.97. The second-order valence-corrected chi connectivity index (χ2v) is 7.13. The lowest BCUT2D eigenvalue weighted by molar-refractivity contribution is -0.130. The lowest BCUT2D eigenvalue weighted by atomic mass is 10.1. The van der Waals surface area contributed by atoms with E-state index in [0.29, 0.717) is 30.2 Å². The number of piperidine rings is 1. The van der Waals surface area contributed by atoms with E-state index in [-0.39, 0.29) is 23.5 Å². The molecule has 0 aliphatic carbocycles. The van der Waals surface area contributed by atoms with Crippen LogP contribution in [0.4, 0.5) is 15.9 Å². The van der Waals surface area contributed by atoms with Crippen LogP contribution in [0.25, 0.3) is 11.0 Å². The highest BCUT2D eigenvalue weighted by molar-refractivity contribution is 6.30. The predicted octanol–water partition coefficient (Wildman–Crippen LogP) is 2.66. The van der Waals surface area contributed by atoms with Crippen molar-refractivity contribution in [1.82, 2.24) is 25.1 Å². The zero-order valence-electron chi connectivity index (χ0n) is 15.0. The van der Waals surface area contributed by atoms with Gasteiger partial charge < -0.3 is 15.5 Å². The Morgan fingerprint density at radius 1 is 1.36 bits per heavy atom. The summed E-state index contributed by atoms with van der Waals surface area (Å²) in [5.74, 6) is 0.203. The van der Waals surface area contributed by atoms with E-state index in [2.05, 4.69) is 30.8 Å². The fourth-order valence-electron chi connectivity index (χ4n) is 3.34. The van der Waals surface area contributed by atoms with Crippen LogP contribution in [-0.4, -0.2) is 56.6 Å². The molecule has 3 aromatic rings. The quantitative estimate of drug-likeness (QED) is 0.605. The molecule has 1 aliphatic heterocycles. The highest BCUT2D eigenvalue weighted by Crippen LogP contribution is 2.21. The molecular formula is C18H19ClFN7O. The standard InChI is InChI=1S/C18H19ClFN7O/c19-11-4-12(20)6-14(5-11)21-8-16(28)27-3-1-2-13(9-27)25-17-15-7-24-26-18(15)23-10-22-17/h4-7,10,13,21H,1-3,8-9H2,(H2,22,23,24,25,26)/t13-/m1/s1. The molecule has 3 heterocycles. The number of H-pyrrole nitrogens is 1. The predicted molar refractivity (Wildman–Crippen MR) is 105 cm³/mol. The molecular weight excluding hydrogens is 385 g/mol. The van der Waals surface area contributed by atoms with Crippen LogP contribution in [0.15, 0.2) is 30.7 Å². The third-order valence-electron chi connectivity index (χ3n) is 4.67. The molecule has 0 saturated carbocycles. The Bertz CT molecular complexity index is 975. The van der Waals surface area contributed by atoms with Crippen molar-refractivity contribution in [3.05, 3.63) is 41.6 Å². The summed E-state index contributed by atoms with van der Waals surface area (Å²) in [7, 11) is 0. The summed E-state index contributed by atoms with van der Waals surface area (Å²) < 4.78 is 13.4. The number of carbonyl (C=O) groups is 1. The van der Waals surface area contributed by atoms with Crippen molar-refractivity contribution in [3.8, 4) is 0 Å². The van der Waals surface area contributed by atoms with E-state index in [1.54, 1.807) is 17.2 Å². The number of rotatable bonds is 5. The van der Waals surface area contributed by atoms with Gasteiger partial charge in [0.1, 0.15) is 18.0 Å². The maximum Gasteiger partial charge on any atom is 0.241 e. The van der Waals surface area contributed by atoms with Crippen molar-refractivity contribution in [2.24, 2.45) is 0 Å². The monoisotopic (exact) mass is 403 g/mol. The molecule has 1 aliphatic rings. The largest absolute Gasteiger partial charge is 0.376 e. The van der Waals surface area contributed by atoms with Gasteiger partial charge in [-0.2, -0.15) is 5.10 Å². The molecule has 10 heteroatoms. The molecule has 1 saturated heterocycles. The van der Waals surface area contributed by atoms with Crippen LogP contribution in [0.3, 0.4) is 0 Å². The summed E-state index contributed by atoms with van der Waals surface area (Å²) in [6, 6.07) is 4.20. The van der Waals surface area contributed by atoms with Gasteiger partial charge in [-0.15, -0.1) is 0 Å². The lowest BCUT2D eigenvalue weighted by Crippen LogP contribution is -2.47. The smallest absolute Gasteiger partial charge is 0.241 e. The fourth-order valence-corrected chi connectivity index (χ4v) is 3.56. The van der Waals surface area contributed by atoms with E-state index in [1.807, 2.05) is 0 Å². The molecule has 3 N–H and O–H groups in total. The summed E-state index contributed by atoms with van der Waals surface area (Å²) >= 11 is 5.84. The SMILES string of the molecule is O=C(CNc1cc(F)cc(Cl)c1)N1CCC[C@@H](Nc2ncnc3[nH]ncc23)C1. The number of hydrogen-bond acceptors (Lipinski definition) is 6. The van der Waals surface area contributed by atoms with E-state index in [4.69, 9.17) is 11.6 Å². The van der Waals surface area contributed by atoms with Gasteiger partial charge in [-0.1, -0.05) is 11.6 Å². The normalized spacial score (nSPS) is 16.9. The Morgan fingerprint density at radius 3 is 3.11 bits per heavy atom. The van der Waals surface area contributed by atoms with Crippen molar-refractivity contribution in [2.75, 3.05) is 30.3 Å². The Balaban J connectivity index is 1.36. The molecule has 1 amide bonds. The van der Waals surface area contributed by atoms with Gasteiger partial charge in [0.25, 0.3) is 0 Å². The Kier molecular flexibility index (Phi) is 5.25. The van der Waals surface area contributed by atoms with Gasteiger partial charge in [-0.05, 0) is 31.0 Å². The van der Waals surface area contributed by atoms with Crippen molar-refractivity contribution in [1.29, 1.82) is 0 Å². The molecule has 0 unspecified atom stereocenters. The second-order valence-electron chi connectivity index (χ2n) is 6.69. The number of nitrogens with one attached hydrogen (secondary N) is 3. The third kappa shape index (κ3) is 4.14. The zero-order valence-corrected chi connectivity index (χ0v) is 15.7. The van der Waals surface area contributed by atoms with Crippen molar-refractivity contribution in [3.63, 3.8) is 0 Å². The van der Waals surface area contributed by atoms with Crippen LogP contribution in [-0.2, 0) is 4.79 Å². The number of anilines is 2. The van der Waals surface area contributed by atoms with Crippen LogP contribution >= 0.6 is 11.6 Å². The van der Waals surface area contributed by atoms with Gasteiger partial charge in [0.2, 0.25) is 5.91 Å². The number of fused-ring (bicyclic) bond motifs is 1. The molecule has 0 bridgehead atoms. The minimum absolute atomic E-state index is 0.0528. The van der Waals surface area contributed by atoms with E-state index >= 15 is 0 Å². The highest BCUT2D eigenvalue weighted by atomic mass is 35.5. The highest BCUT2D eigenvalue weighted by Gasteiger charge is 2.24. The van der Waals surface area contributed by atoms with Crippen LogP contribution in [0.5, 0.6) is 0 Å². The number of carbonyl (C=O) groups excluding carboxylic acids is 1. The van der Waals surface area contributed by atoms with Crippen molar-refractivity contribution < 1.29 is 9.18 Å². The minimum atomic E-state index is -0.444. The van der Waals surface area contributed by atoms with Gasteiger partial charge in [-0.3, -0.25) is 9.89 Å². The molecule has 1 atom stereocenters. The van der Waals surface area contributed by atoms with E-state index in [0.717, 1.165) is 18.2 Å². The molecule has 146 valence electrons. The molecule has 2 aromatic heterocycles. The number of nitrogens with zero attached hydrogens (tertiary/aromatic N) is 4. The fraction of sp³-hybridized carbons (Fsp3) is 0.333. The van der Waals surface area contributed by atoms with Gasteiger partial charge in [0.15, 0.2) is 5.65 Å². The first-order chi connectivity index (χ1) is 13.6. The minimum Gasteiger partial charge on any atom is -0.376 e. The molecule has 1 fully saturated rings. The Hall–Kier alpha value is -2.94. The topological polar surface area (TPSA) is 98.8 Å². The van der Waals surface area contributed by atoms with Crippen LogP contribution < -0.4 is 10.6 Å². The van der Waals surface area contributed by atoms with Crippen LogP contribution in [0.1, 0.15) is 12.8 Å². The third-order valence-corrected chi connectivity index (χ3v) is 4.89. The van der Waals surface area contributed by atoms with E-state index in [9.17, 15) is 9.18 Å². The molecule has 8 nitrogen and oxygen atoms in total. The zero-order chi connectivity index (χ0) is 19.5. The van der Waals surface area contributed by atoms with Crippen LogP contribution in [0, 0.1) is 5.82 Å². The maximum atomic E-state index is 13.4. The summed E-state index contributed by atoms with van der Waals surface area (Å²) in [4.78, 5) is 22.8. The van der Waals surface area contributed by atoms with Gasteiger partial charge in [0, 0.05) is 29.8 Å². The number of halogens is 2. The Labute approximate surface area is 165 Å². The summed E-state index contributed by atoms with van der Waals surface area (Å²) in [5, 5.41) is 14.2. The summed E-state index contributed by atoms with van der Waals surface area (Å²) in [6.45, 7) is 1.33. The van der Waals surface area contributed by atoms with E-state index < -0.39 is 5.82 Å². The first kappa shape index (κ1) is 18.4. The second kappa shape index (κ2) is 7.97. The lowest BCUT2D eigenvalue weighted by Gasteiger charge is -2.33. The maximum absolute atomic E-state index is 13.4. The van der Waals surface area contributed by atoms with Gasteiger partial charge in [-0.25, -0.2) is 14.4 Å². The number of aromatic amines is 1. The average molecular weight is 404 g/mol. The van der Waals surface area contributed by atoms with Crippen LogP contribution in [0.2, 0.25) is 5.02 Å². The van der Waals surface area contributed by atoms with Crippen molar-refractivity contribution in [2.45, 2.75) is 18.9 Å². The van der Waals surface area contributed by atoms with E-state index in [1.165, 1.54) is 18.5 Å². The summed E-state index contributed by atoms with van der Waals surface area (Å²) in [5.41, 5.74) is 1.15. The molecule has 0 spiro atoms. The first-order valence-corrected chi connectivity index (χ1v) is 9.34. The van der Waals surface area contributed by atoms with Gasteiger partial charge in [0.05, 0.1) is 18.1 Å². The van der Waals surface area contributed by atoms with Crippen molar-refractivity contribution >= 4 is 40.0 Å². The molecule has 0 radical (unpaired) electrons. The average Bonchev–Trinajstić information content (AvgIpc) is 3.15. The number of likely N-dealkylation sites (tertiary alicyclic amines) is 1. The molecule has 4 rings (SSSR count). The number of benzene rings is 1. The molecule has 28 heavy (non-hydrogen) atoms. The number of amides is 1. The number of aromatic nitrogens is 4. The van der Waals surface area contributed by atoms with Gasteiger partial charge >= 0.3 is 0 Å².